The highest BCUT2D eigenvalue weighted by Gasteiger charge is 2.17. The van der Waals surface area contributed by atoms with E-state index in [-0.39, 0.29) is 17.7 Å². The van der Waals surface area contributed by atoms with E-state index in [1.54, 1.807) is 19.2 Å². The monoisotopic (exact) mass is 329 g/mol. The normalized spacial score (nSPS) is 10.3. The standard InChI is InChI=1S/C10H8BrN3O3S/c1-2-16-9(15)7-13-14-10(17-7)18-8-6(11)4-3-5-12-8/h3-5H,2H2,1H3. The average Bonchev–Trinajstić information content (AvgIpc) is 2.81. The highest BCUT2D eigenvalue weighted by atomic mass is 79.9. The first kappa shape index (κ1) is 13.0. The first-order valence-corrected chi connectivity index (χ1v) is 6.60. The van der Waals surface area contributed by atoms with Gasteiger partial charge in [0.05, 0.1) is 11.1 Å². The minimum Gasteiger partial charge on any atom is -0.459 e. The van der Waals surface area contributed by atoms with Crippen LogP contribution in [0.5, 0.6) is 0 Å². The van der Waals surface area contributed by atoms with Gasteiger partial charge >= 0.3 is 11.9 Å². The van der Waals surface area contributed by atoms with Crippen LogP contribution in [-0.4, -0.2) is 27.8 Å². The summed E-state index contributed by atoms with van der Waals surface area (Å²) in [6.45, 7) is 1.96. The van der Waals surface area contributed by atoms with Crippen LogP contribution in [0.3, 0.4) is 0 Å². The van der Waals surface area contributed by atoms with E-state index >= 15 is 0 Å². The van der Waals surface area contributed by atoms with Crippen LogP contribution in [0.1, 0.15) is 17.6 Å². The van der Waals surface area contributed by atoms with Crippen molar-refractivity contribution in [3.8, 4) is 0 Å². The van der Waals surface area contributed by atoms with Crippen LogP contribution >= 0.6 is 27.7 Å². The summed E-state index contributed by atoms with van der Waals surface area (Å²) in [4.78, 5) is 15.5. The van der Waals surface area contributed by atoms with Gasteiger partial charge in [-0.2, -0.15) is 0 Å². The zero-order valence-electron chi connectivity index (χ0n) is 9.29. The predicted molar refractivity (Wildman–Crippen MR) is 66.3 cm³/mol. The van der Waals surface area contributed by atoms with E-state index in [4.69, 9.17) is 9.15 Å². The Kier molecular flexibility index (Phi) is 4.32. The second-order valence-corrected chi connectivity index (χ2v) is 4.78. The molecule has 0 amide bonds. The SMILES string of the molecule is CCOC(=O)c1nnc(Sc2ncccc2Br)o1. The quantitative estimate of drug-likeness (QED) is 0.797. The van der Waals surface area contributed by atoms with E-state index < -0.39 is 5.97 Å². The summed E-state index contributed by atoms with van der Waals surface area (Å²) >= 11 is 4.51. The summed E-state index contributed by atoms with van der Waals surface area (Å²) in [5.41, 5.74) is 0. The maximum atomic E-state index is 11.3. The van der Waals surface area contributed by atoms with E-state index in [0.717, 1.165) is 16.2 Å². The van der Waals surface area contributed by atoms with Crippen molar-refractivity contribution in [2.24, 2.45) is 0 Å². The molecule has 6 nitrogen and oxygen atoms in total. The van der Waals surface area contributed by atoms with Crippen molar-refractivity contribution in [2.45, 2.75) is 17.2 Å². The molecule has 0 aliphatic rings. The molecule has 0 fully saturated rings. The second kappa shape index (κ2) is 5.96. The Morgan fingerprint density at radius 2 is 2.39 bits per heavy atom. The molecule has 0 N–H and O–H groups in total. The molecule has 8 heteroatoms. The summed E-state index contributed by atoms with van der Waals surface area (Å²) in [5.74, 6) is -0.789. The zero-order chi connectivity index (χ0) is 13.0. The Labute approximate surface area is 115 Å². The number of esters is 1. The van der Waals surface area contributed by atoms with Crippen LogP contribution in [0.4, 0.5) is 0 Å². The summed E-state index contributed by atoms with van der Waals surface area (Å²) in [7, 11) is 0. The van der Waals surface area contributed by atoms with Crippen molar-refractivity contribution in [1.82, 2.24) is 15.2 Å². The van der Waals surface area contributed by atoms with Crippen molar-refractivity contribution in [2.75, 3.05) is 6.61 Å². The van der Waals surface area contributed by atoms with Gasteiger partial charge in [0.1, 0.15) is 5.03 Å². The fourth-order valence-electron chi connectivity index (χ4n) is 1.06. The first-order chi connectivity index (χ1) is 8.70. The molecule has 18 heavy (non-hydrogen) atoms. The molecule has 0 saturated carbocycles. The minimum absolute atomic E-state index is 0.161. The Balaban J connectivity index is 2.12. The number of aromatic nitrogens is 3. The highest BCUT2D eigenvalue weighted by molar-refractivity contribution is 9.10. The summed E-state index contributed by atoms with van der Waals surface area (Å²) in [5, 5.41) is 8.26. The third-order valence-electron chi connectivity index (χ3n) is 1.77. The lowest BCUT2D eigenvalue weighted by Crippen LogP contribution is -2.04. The molecular formula is C10H8BrN3O3S. The predicted octanol–water partition coefficient (Wildman–Crippen LogP) is 2.56. The second-order valence-electron chi connectivity index (χ2n) is 2.99. The number of halogens is 1. The molecule has 2 rings (SSSR count). The smallest absolute Gasteiger partial charge is 0.396 e. The Bertz CT molecular complexity index is 561. The lowest BCUT2D eigenvalue weighted by Gasteiger charge is -1.97. The number of carbonyl (C=O) groups is 1. The third kappa shape index (κ3) is 3.08. The molecule has 0 aromatic carbocycles. The molecular weight excluding hydrogens is 322 g/mol. The average molecular weight is 330 g/mol. The van der Waals surface area contributed by atoms with Crippen molar-refractivity contribution in [3.63, 3.8) is 0 Å². The van der Waals surface area contributed by atoms with Gasteiger partial charge in [0.15, 0.2) is 0 Å². The number of pyridine rings is 1. The number of ether oxygens (including phenoxy) is 1. The van der Waals surface area contributed by atoms with E-state index in [2.05, 4.69) is 31.1 Å². The zero-order valence-corrected chi connectivity index (χ0v) is 11.7. The van der Waals surface area contributed by atoms with Crippen molar-refractivity contribution >= 4 is 33.7 Å². The fraction of sp³-hybridized carbons (Fsp3) is 0.200. The van der Waals surface area contributed by atoms with Gasteiger partial charge in [-0.25, -0.2) is 9.78 Å². The van der Waals surface area contributed by atoms with E-state index in [9.17, 15) is 4.79 Å². The van der Waals surface area contributed by atoms with Gasteiger partial charge in [0.25, 0.3) is 5.22 Å². The summed E-state index contributed by atoms with van der Waals surface area (Å²) in [6.07, 6.45) is 1.65. The number of carbonyl (C=O) groups excluding carboxylic acids is 1. The number of rotatable bonds is 4. The molecule has 94 valence electrons. The minimum atomic E-state index is -0.628. The molecule has 0 aliphatic carbocycles. The number of hydrogen-bond donors (Lipinski definition) is 0. The summed E-state index contributed by atoms with van der Waals surface area (Å²) in [6, 6.07) is 3.64. The maximum Gasteiger partial charge on any atom is 0.396 e. The molecule has 2 aromatic rings. The maximum absolute atomic E-state index is 11.3. The molecule has 0 atom stereocenters. The van der Waals surface area contributed by atoms with Crippen LogP contribution in [0, 0.1) is 0 Å². The Morgan fingerprint density at radius 3 is 3.11 bits per heavy atom. The van der Waals surface area contributed by atoms with Gasteiger partial charge in [-0.3, -0.25) is 0 Å². The van der Waals surface area contributed by atoms with Crippen LogP contribution in [0.2, 0.25) is 0 Å². The van der Waals surface area contributed by atoms with E-state index in [1.165, 1.54) is 0 Å². The van der Waals surface area contributed by atoms with Gasteiger partial charge in [-0.15, -0.1) is 5.10 Å². The molecule has 0 bridgehead atoms. The largest absolute Gasteiger partial charge is 0.459 e. The van der Waals surface area contributed by atoms with Crippen LogP contribution < -0.4 is 0 Å². The van der Waals surface area contributed by atoms with Crippen LogP contribution in [0.25, 0.3) is 0 Å². The van der Waals surface area contributed by atoms with E-state index in [1.807, 2.05) is 6.07 Å². The Morgan fingerprint density at radius 1 is 1.56 bits per heavy atom. The molecule has 2 aromatic heterocycles. The lowest BCUT2D eigenvalue weighted by molar-refractivity contribution is 0.0475. The highest BCUT2D eigenvalue weighted by Crippen LogP contribution is 2.30. The molecule has 0 saturated heterocycles. The molecule has 0 radical (unpaired) electrons. The van der Waals surface area contributed by atoms with Gasteiger partial charge < -0.3 is 9.15 Å². The number of nitrogens with zero attached hydrogens (tertiary/aromatic N) is 3. The molecule has 0 aliphatic heterocycles. The van der Waals surface area contributed by atoms with Crippen LogP contribution in [-0.2, 0) is 4.74 Å². The fourth-order valence-corrected chi connectivity index (χ4v) is 2.20. The van der Waals surface area contributed by atoms with E-state index in [0.29, 0.717) is 5.03 Å². The topological polar surface area (TPSA) is 78.1 Å². The molecule has 0 spiro atoms. The number of hydrogen-bond acceptors (Lipinski definition) is 7. The van der Waals surface area contributed by atoms with Gasteiger partial charge in [-0.1, -0.05) is 5.10 Å². The van der Waals surface area contributed by atoms with Crippen molar-refractivity contribution in [1.29, 1.82) is 0 Å². The van der Waals surface area contributed by atoms with Crippen molar-refractivity contribution in [3.05, 3.63) is 28.7 Å². The summed E-state index contributed by atoms with van der Waals surface area (Å²) < 4.78 is 10.7. The van der Waals surface area contributed by atoms with Gasteiger partial charge in [0, 0.05) is 6.20 Å². The Hall–Kier alpha value is -1.41. The molecule has 0 unspecified atom stereocenters. The lowest BCUT2D eigenvalue weighted by atomic mass is 10.5. The van der Waals surface area contributed by atoms with Crippen molar-refractivity contribution < 1.29 is 13.9 Å². The van der Waals surface area contributed by atoms with Crippen LogP contribution in [0.15, 0.2) is 37.5 Å². The van der Waals surface area contributed by atoms with Gasteiger partial charge in [0.2, 0.25) is 0 Å². The molecule has 2 heterocycles. The van der Waals surface area contributed by atoms with Gasteiger partial charge in [-0.05, 0) is 46.7 Å². The first-order valence-electron chi connectivity index (χ1n) is 4.99. The third-order valence-corrected chi connectivity index (χ3v) is 3.53.